The molecule has 0 aliphatic carbocycles. The first kappa shape index (κ1) is 9.75. The van der Waals surface area contributed by atoms with Crippen molar-refractivity contribution in [3.05, 3.63) is 24.3 Å². The van der Waals surface area contributed by atoms with E-state index in [-0.39, 0.29) is 0 Å². The summed E-state index contributed by atoms with van der Waals surface area (Å²) >= 11 is 4.07. The molecular formula is C6H8N4O2S. The van der Waals surface area contributed by atoms with Crippen LogP contribution in [0.1, 0.15) is 11.1 Å². The number of hydrazine groups is 1. The second-order valence-electron chi connectivity index (χ2n) is 2.11. The van der Waals surface area contributed by atoms with E-state index >= 15 is 0 Å². The van der Waals surface area contributed by atoms with Crippen LogP contribution in [0.3, 0.4) is 0 Å². The summed E-state index contributed by atoms with van der Waals surface area (Å²) in [5, 5.41) is 7.78. The van der Waals surface area contributed by atoms with Crippen molar-refractivity contribution in [1.29, 1.82) is 0 Å². The lowest BCUT2D eigenvalue weighted by molar-refractivity contribution is 0.188. The van der Waals surface area contributed by atoms with E-state index in [2.05, 4.69) is 28.0 Å². The average Bonchev–Trinajstić information content (AvgIpc) is 2.15. The number of hydrogen-bond donors (Lipinski definition) is 4. The molecule has 1 rings (SSSR count). The molecule has 0 radical (unpaired) electrons. The Morgan fingerprint density at radius 3 is 3.00 bits per heavy atom. The van der Waals surface area contributed by atoms with Crippen molar-refractivity contribution in [3.63, 3.8) is 0 Å². The molecule has 1 aromatic rings. The third kappa shape index (κ3) is 3.26. The zero-order valence-corrected chi connectivity index (χ0v) is 7.40. The van der Waals surface area contributed by atoms with Crippen LogP contribution in [0.4, 0.5) is 4.79 Å². The van der Waals surface area contributed by atoms with E-state index in [1.165, 1.54) is 6.33 Å². The fourth-order valence-electron chi connectivity index (χ4n) is 0.667. The Balaban J connectivity index is 2.49. The predicted molar refractivity (Wildman–Crippen MR) is 48.1 cm³/mol. The first-order valence-electron chi connectivity index (χ1n) is 3.38. The smallest absolute Gasteiger partial charge is 0.419 e. The third-order valence-corrected chi connectivity index (χ3v) is 1.59. The Morgan fingerprint density at radius 1 is 1.69 bits per heavy atom. The molecule has 70 valence electrons. The lowest BCUT2D eigenvalue weighted by atomic mass is 10.4. The Labute approximate surface area is 79.8 Å². The quantitative estimate of drug-likeness (QED) is 0.317. The molecule has 0 bridgehead atoms. The highest BCUT2D eigenvalue weighted by molar-refractivity contribution is 7.80. The van der Waals surface area contributed by atoms with Crippen molar-refractivity contribution in [2.75, 3.05) is 0 Å². The number of thiol groups is 1. The van der Waals surface area contributed by atoms with Gasteiger partial charge in [-0.15, -0.1) is 0 Å². The summed E-state index contributed by atoms with van der Waals surface area (Å²) in [5.41, 5.74) is 4.99. The standard InChI is InChI=1S/C6H8N4O2S/c11-6(12)10-9-5(13)4-1-2-7-3-8-4/h1-3,5,9-10,13H,(H,11,12). The van der Waals surface area contributed by atoms with Crippen molar-refractivity contribution in [2.24, 2.45) is 0 Å². The average molecular weight is 200 g/mol. The summed E-state index contributed by atoms with van der Waals surface area (Å²) in [6.45, 7) is 0. The molecular weight excluding hydrogens is 192 g/mol. The van der Waals surface area contributed by atoms with E-state index in [0.717, 1.165) is 0 Å². The fraction of sp³-hybridized carbons (Fsp3) is 0.167. The minimum atomic E-state index is -1.17. The summed E-state index contributed by atoms with van der Waals surface area (Å²) in [7, 11) is 0. The van der Waals surface area contributed by atoms with E-state index in [0.29, 0.717) is 5.69 Å². The topological polar surface area (TPSA) is 87.1 Å². The number of carboxylic acid groups (broad SMARTS) is 1. The maximum Gasteiger partial charge on any atom is 0.419 e. The maximum atomic E-state index is 10.1. The zero-order valence-electron chi connectivity index (χ0n) is 6.51. The van der Waals surface area contributed by atoms with Crippen LogP contribution in [0.15, 0.2) is 18.6 Å². The van der Waals surface area contributed by atoms with Gasteiger partial charge in [0.05, 0.1) is 5.69 Å². The monoisotopic (exact) mass is 200 g/mol. The van der Waals surface area contributed by atoms with Gasteiger partial charge in [-0.2, -0.15) is 12.6 Å². The Kier molecular flexibility index (Phi) is 3.47. The molecule has 6 nitrogen and oxygen atoms in total. The number of hydrogen-bond acceptors (Lipinski definition) is 5. The molecule has 3 N–H and O–H groups in total. The number of nitrogens with one attached hydrogen (secondary N) is 2. The largest absolute Gasteiger partial charge is 0.464 e. The maximum absolute atomic E-state index is 10.1. The van der Waals surface area contributed by atoms with Gasteiger partial charge in [-0.1, -0.05) is 0 Å². The predicted octanol–water partition coefficient (Wildman–Crippen LogP) is 0.177. The van der Waals surface area contributed by atoms with Crippen LogP contribution < -0.4 is 10.9 Å². The first-order chi connectivity index (χ1) is 6.20. The molecule has 1 atom stereocenters. The minimum absolute atomic E-state index is 0.487. The number of nitrogens with zero attached hydrogens (tertiary/aromatic N) is 2. The van der Waals surface area contributed by atoms with E-state index in [1.54, 1.807) is 12.3 Å². The van der Waals surface area contributed by atoms with Gasteiger partial charge in [0.1, 0.15) is 11.7 Å². The third-order valence-electron chi connectivity index (χ3n) is 1.20. The van der Waals surface area contributed by atoms with Crippen LogP contribution in [0.5, 0.6) is 0 Å². The fourth-order valence-corrected chi connectivity index (χ4v) is 0.884. The molecule has 0 saturated carbocycles. The van der Waals surface area contributed by atoms with Crippen LogP contribution in [-0.2, 0) is 0 Å². The number of amides is 1. The lowest BCUT2D eigenvalue weighted by Crippen LogP contribution is -2.37. The summed E-state index contributed by atoms with van der Waals surface area (Å²) in [5.74, 6) is 0. The highest BCUT2D eigenvalue weighted by Gasteiger charge is 2.06. The van der Waals surface area contributed by atoms with Crippen LogP contribution in [0.25, 0.3) is 0 Å². The normalized spacial score (nSPS) is 12.1. The highest BCUT2D eigenvalue weighted by atomic mass is 32.1. The molecule has 1 heterocycles. The number of carbonyl (C=O) groups is 1. The number of aromatic nitrogens is 2. The minimum Gasteiger partial charge on any atom is -0.464 e. The van der Waals surface area contributed by atoms with Crippen LogP contribution in [0, 0.1) is 0 Å². The second kappa shape index (κ2) is 4.63. The van der Waals surface area contributed by atoms with Gasteiger partial charge in [-0.3, -0.25) is 5.43 Å². The summed E-state index contributed by atoms with van der Waals surface area (Å²) in [4.78, 5) is 17.7. The Hall–Kier alpha value is -1.34. The Bertz CT molecular complexity index is 281. The van der Waals surface area contributed by atoms with Gasteiger partial charge in [0.15, 0.2) is 0 Å². The summed E-state index contributed by atoms with van der Waals surface area (Å²) in [6.07, 6.45) is 1.74. The summed E-state index contributed by atoms with van der Waals surface area (Å²) < 4.78 is 0. The second-order valence-corrected chi connectivity index (χ2v) is 2.63. The molecule has 1 aromatic heterocycles. The van der Waals surface area contributed by atoms with E-state index in [1.807, 2.05) is 5.43 Å². The zero-order chi connectivity index (χ0) is 9.68. The molecule has 0 aliphatic heterocycles. The molecule has 0 aromatic carbocycles. The van der Waals surface area contributed by atoms with Crippen LogP contribution in [0.2, 0.25) is 0 Å². The number of rotatable bonds is 3. The van der Waals surface area contributed by atoms with Crippen LogP contribution >= 0.6 is 12.6 Å². The molecule has 1 unspecified atom stereocenters. The van der Waals surface area contributed by atoms with Gasteiger partial charge >= 0.3 is 6.09 Å². The highest BCUT2D eigenvalue weighted by Crippen LogP contribution is 2.10. The summed E-state index contributed by atoms with van der Waals surface area (Å²) in [6, 6.07) is 1.63. The Morgan fingerprint density at radius 2 is 2.46 bits per heavy atom. The molecule has 0 aliphatic rings. The molecule has 13 heavy (non-hydrogen) atoms. The van der Waals surface area contributed by atoms with Crippen molar-refractivity contribution in [1.82, 2.24) is 20.8 Å². The van der Waals surface area contributed by atoms with Gasteiger partial charge in [0.2, 0.25) is 0 Å². The molecule has 1 amide bonds. The van der Waals surface area contributed by atoms with E-state index in [9.17, 15) is 4.79 Å². The van der Waals surface area contributed by atoms with Gasteiger partial charge in [0.25, 0.3) is 0 Å². The van der Waals surface area contributed by atoms with E-state index < -0.39 is 11.5 Å². The molecule has 7 heteroatoms. The SMILES string of the molecule is O=C(O)NNC(S)c1ccncn1. The molecule has 0 saturated heterocycles. The lowest BCUT2D eigenvalue weighted by Gasteiger charge is -2.10. The van der Waals surface area contributed by atoms with Gasteiger partial charge in [-0.25, -0.2) is 20.2 Å². The first-order valence-corrected chi connectivity index (χ1v) is 3.90. The van der Waals surface area contributed by atoms with Gasteiger partial charge < -0.3 is 5.11 Å². The van der Waals surface area contributed by atoms with Gasteiger partial charge in [-0.05, 0) is 6.07 Å². The van der Waals surface area contributed by atoms with E-state index in [4.69, 9.17) is 5.11 Å². The van der Waals surface area contributed by atoms with Gasteiger partial charge in [0, 0.05) is 6.20 Å². The molecule has 0 fully saturated rings. The van der Waals surface area contributed by atoms with Crippen molar-refractivity contribution >= 4 is 18.7 Å². The molecule has 0 spiro atoms. The van der Waals surface area contributed by atoms with Crippen molar-refractivity contribution in [3.8, 4) is 0 Å². The van der Waals surface area contributed by atoms with Crippen molar-refractivity contribution in [2.45, 2.75) is 5.37 Å². The van der Waals surface area contributed by atoms with Crippen LogP contribution in [-0.4, -0.2) is 21.2 Å². The van der Waals surface area contributed by atoms with Crippen molar-refractivity contribution < 1.29 is 9.90 Å².